The van der Waals surface area contributed by atoms with Crippen molar-refractivity contribution in [2.24, 2.45) is 5.92 Å². The van der Waals surface area contributed by atoms with Gasteiger partial charge in [0.05, 0.1) is 15.6 Å². The lowest BCUT2D eigenvalue weighted by Gasteiger charge is -2.22. The SMILES string of the molecule is CC(C)[C@H](NC(=O)c1ccccc1Br)C(=O)Nc1ccc(Cl)c(Cl)c1. The standard InChI is InChI=1S/C18H17BrCl2N2O2/c1-10(2)16(23-17(24)12-5-3-4-6-13(12)19)18(25)22-11-7-8-14(20)15(21)9-11/h3-10,16H,1-2H3,(H,22,25)(H,23,24)/t16-/m0/s1. The maximum atomic E-state index is 12.6. The average Bonchev–Trinajstić information content (AvgIpc) is 2.55. The van der Waals surface area contributed by atoms with E-state index in [9.17, 15) is 9.59 Å². The van der Waals surface area contributed by atoms with Crippen LogP contribution in [0.2, 0.25) is 10.0 Å². The molecule has 0 aromatic heterocycles. The Morgan fingerprint density at radius 2 is 1.72 bits per heavy atom. The topological polar surface area (TPSA) is 58.2 Å². The number of halogens is 3. The summed E-state index contributed by atoms with van der Waals surface area (Å²) in [5, 5.41) is 6.28. The molecule has 0 aliphatic carbocycles. The summed E-state index contributed by atoms with van der Waals surface area (Å²) >= 11 is 15.2. The predicted octanol–water partition coefficient (Wildman–Crippen LogP) is 5.15. The number of anilines is 1. The third-order valence-electron chi connectivity index (χ3n) is 3.54. The molecule has 2 rings (SSSR count). The molecule has 2 aromatic carbocycles. The first kappa shape index (κ1) is 19.8. The molecule has 0 fully saturated rings. The lowest BCUT2D eigenvalue weighted by molar-refractivity contribution is -0.118. The van der Waals surface area contributed by atoms with Crippen LogP contribution in [-0.4, -0.2) is 17.9 Å². The van der Waals surface area contributed by atoms with Gasteiger partial charge in [0.25, 0.3) is 5.91 Å². The van der Waals surface area contributed by atoms with Gasteiger partial charge in [-0.3, -0.25) is 9.59 Å². The van der Waals surface area contributed by atoms with Gasteiger partial charge in [-0.25, -0.2) is 0 Å². The van der Waals surface area contributed by atoms with E-state index in [1.807, 2.05) is 19.9 Å². The van der Waals surface area contributed by atoms with E-state index in [4.69, 9.17) is 23.2 Å². The first-order chi connectivity index (χ1) is 11.8. The van der Waals surface area contributed by atoms with Crippen LogP contribution in [0, 0.1) is 5.92 Å². The van der Waals surface area contributed by atoms with Gasteiger partial charge in [0.1, 0.15) is 6.04 Å². The Labute approximate surface area is 165 Å². The Hall–Kier alpha value is -1.56. The molecule has 7 heteroatoms. The molecule has 0 saturated heterocycles. The number of hydrogen-bond acceptors (Lipinski definition) is 2. The predicted molar refractivity (Wildman–Crippen MR) is 105 cm³/mol. The van der Waals surface area contributed by atoms with Crippen molar-refractivity contribution in [3.63, 3.8) is 0 Å². The van der Waals surface area contributed by atoms with E-state index >= 15 is 0 Å². The highest BCUT2D eigenvalue weighted by Crippen LogP contribution is 2.25. The molecule has 0 bridgehead atoms. The summed E-state index contributed by atoms with van der Waals surface area (Å²) in [7, 11) is 0. The van der Waals surface area contributed by atoms with Crippen molar-refractivity contribution in [1.82, 2.24) is 5.32 Å². The van der Waals surface area contributed by atoms with Crippen molar-refractivity contribution in [2.75, 3.05) is 5.32 Å². The number of hydrogen-bond donors (Lipinski definition) is 2. The maximum Gasteiger partial charge on any atom is 0.253 e. The van der Waals surface area contributed by atoms with Gasteiger partial charge in [-0.2, -0.15) is 0 Å². The van der Waals surface area contributed by atoms with E-state index in [-0.39, 0.29) is 17.7 Å². The van der Waals surface area contributed by atoms with Crippen molar-refractivity contribution in [1.29, 1.82) is 0 Å². The van der Waals surface area contributed by atoms with Gasteiger partial charge in [-0.05, 0) is 52.2 Å². The van der Waals surface area contributed by atoms with Crippen molar-refractivity contribution >= 4 is 56.6 Å². The molecule has 0 spiro atoms. The van der Waals surface area contributed by atoms with Gasteiger partial charge >= 0.3 is 0 Å². The molecule has 4 nitrogen and oxygen atoms in total. The Bertz CT molecular complexity index is 796. The molecule has 0 aliphatic heterocycles. The molecule has 0 heterocycles. The van der Waals surface area contributed by atoms with Crippen LogP contribution in [0.25, 0.3) is 0 Å². The lowest BCUT2D eigenvalue weighted by Crippen LogP contribution is -2.47. The van der Waals surface area contributed by atoms with E-state index in [1.54, 1.807) is 36.4 Å². The first-order valence-electron chi connectivity index (χ1n) is 7.61. The van der Waals surface area contributed by atoms with E-state index in [1.165, 1.54) is 0 Å². The largest absolute Gasteiger partial charge is 0.340 e. The number of amides is 2. The van der Waals surface area contributed by atoms with Crippen molar-refractivity contribution in [2.45, 2.75) is 19.9 Å². The Morgan fingerprint density at radius 3 is 2.32 bits per heavy atom. The quantitative estimate of drug-likeness (QED) is 0.671. The molecule has 0 saturated carbocycles. The van der Waals surface area contributed by atoms with Crippen LogP contribution in [0.4, 0.5) is 5.69 Å². The minimum absolute atomic E-state index is 0.103. The third-order valence-corrected chi connectivity index (χ3v) is 4.97. The zero-order chi connectivity index (χ0) is 18.6. The van der Waals surface area contributed by atoms with Gasteiger partial charge in [-0.15, -0.1) is 0 Å². The third kappa shape index (κ3) is 5.21. The fourth-order valence-corrected chi connectivity index (χ4v) is 2.96. The summed E-state index contributed by atoms with van der Waals surface area (Å²) in [6.45, 7) is 3.72. The van der Waals surface area contributed by atoms with Gasteiger partial charge in [-0.1, -0.05) is 49.2 Å². The summed E-state index contributed by atoms with van der Waals surface area (Å²) in [4.78, 5) is 25.1. The molecule has 132 valence electrons. The Balaban J connectivity index is 2.14. The normalized spacial score (nSPS) is 11.9. The molecule has 0 aliphatic rings. The van der Waals surface area contributed by atoms with Gasteiger partial charge in [0.15, 0.2) is 0 Å². The summed E-state index contributed by atoms with van der Waals surface area (Å²) < 4.78 is 0.667. The van der Waals surface area contributed by atoms with Crippen LogP contribution < -0.4 is 10.6 Å². The minimum Gasteiger partial charge on any atom is -0.340 e. The van der Waals surface area contributed by atoms with Crippen LogP contribution >= 0.6 is 39.1 Å². The number of rotatable bonds is 5. The van der Waals surface area contributed by atoms with Gasteiger partial charge in [0.2, 0.25) is 5.91 Å². The molecule has 2 aromatic rings. The van der Waals surface area contributed by atoms with Crippen LogP contribution in [0.1, 0.15) is 24.2 Å². The zero-order valence-electron chi connectivity index (χ0n) is 13.6. The summed E-state index contributed by atoms with van der Waals surface area (Å²) in [6, 6.07) is 11.2. The van der Waals surface area contributed by atoms with E-state index in [0.29, 0.717) is 25.8 Å². The molecule has 0 radical (unpaired) electrons. The number of nitrogens with one attached hydrogen (secondary N) is 2. The maximum absolute atomic E-state index is 12.6. The van der Waals surface area contributed by atoms with E-state index in [0.717, 1.165) is 0 Å². The second-order valence-electron chi connectivity index (χ2n) is 5.79. The highest BCUT2D eigenvalue weighted by Gasteiger charge is 2.25. The zero-order valence-corrected chi connectivity index (χ0v) is 16.7. The van der Waals surface area contributed by atoms with E-state index in [2.05, 4.69) is 26.6 Å². The smallest absolute Gasteiger partial charge is 0.253 e. The lowest BCUT2D eigenvalue weighted by atomic mass is 10.0. The summed E-state index contributed by atoms with van der Waals surface area (Å²) in [5.41, 5.74) is 0.982. The van der Waals surface area contributed by atoms with Crippen molar-refractivity contribution < 1.29 is 9.59 Å². The Kier molecular flexibility index (Phi) is 6.87. The monoisotopic (exact) mass is 442 g/mol. The summed E-state index contributed by atoms with van der Waals surface area (Å²) in [5.74, 6) is -0.751. The highest BCUT2D eigenvalue weighted by atomic mass is 79.9. The van der Waals surface area contributed by atoms with Gasteiger partial charge in [0, 0.05) is 10.2 Å². The highest BCUT2D eigenvalue weighted by molar-refractivity contribution is 9.10. The molecule has 2 N–H and O–H groups in total. The molecule has 0 unspecified atom stereocenters. The fourth-order valence-electron chi connectivity index (χ4n) is 2.19. The van der Waals surface area contributed by atoms with Crippen LogP contribution in [0.3, 0.4) is 0 Å². The van der Waals surface area contributed by atoms with Crippen LogP contribution in [0.5, 0.6) is 0 Å². The van der Waals surface area contributed by atoms with E-state index < -0.39 is 6.04 Å². The minimum atomic E-state index is -0.700. The second kappa shape index (κ2) is 8.70. The average molecular weight is 444 g/mol. The first-order valence-corrected chi connectivity index (χ1v) is 9.15. The number of carbonyl (C=O) groups is 2. The van der Waals surface area contributed by atoms with Gasteiger partial charge < -0.3 is 10.6 Å². The fraction of sp³-hybridized carbons (Fsp3) is 0.222. The molecular formula is C18H17BrCl2N2O2. The Morgan fingerprint density at radius 1 is 1.04 bits per heavy atom. The molecular weight excluding hydrogens is 427 g/mol. The second-order valence-corrected chi connectivity index (χ2v) is 7.46. The summed E-state index contributed by atoms with van der Waals surface area (Å²) in [6.07, 6.45) is 0. The number of carbonyl (C=O) groups excluding carboxylic acids is 2. The molecule has 1 atom stereocenters. The number of benzene rings is 2. The van der Waals surface area contributed by atoms with Crippen molar-refractivity contribution in [3.05, 3.63) is 62.5 Å². The van der Waals surface area contributed by atoms with Crippen LogP contribution in [0.15, 0.2) is 46.9 Å². The molecule has 25 heavy (non-hydrogen) atoms. The van der Waals surface area contributed by atoms with Crippen molar-refractivity contribution in [3.8, 4) is 0 Å². The van der Waals surface area contributed by atoms with Crippen LogP contribution in [-0.2, 0) is 4.79 Å². The molecule has 2 amide bonds.